The first-order valence-corrected chi connectivity index (χ1v) is 6.92. The average molecular weight is 234 g/mol. The normalized spacial score (nSPS) is 12.4. The molecule has 1 aromatic rings. The van der Waals surface area contributed by atoms with Gasteiger partial charge in [-0.25, -0.2) is 0 Å². The molecule has 0 aromatic heterocycles. The Morgan fingerprint density at radius 2 is 1.76 bits per heavy atom. The van der Waals surface area contributed by atoms with E-state index in [1.54, 1.807) is 7.11 Å². The van der Waals surface area contributed by atoms with E-state index in [1.165, 1.54) is 44.1 Å². The molecule has 0 aliphatic carbocycles. The van der Waals surface area contributed by atoms with Crippen molar-refractivity contribution in [2.45, 2.75) is 58.3 Å². The van der Waals surface area contributed by atoms with Gasteiger partial charge in [-0.1, -0.05) is 64.2 Å². The molecule has 0 N–H and O–H groups in total. The van der Waals surface area contributed by atoms with Crippen LogP contribution in [0.2, 0.25) is 0 Å². The summed E-state index contributed by atoms with van der Waals surface area (Å²) in [6, 6.07) is 8.39. The van der Waals surface area contributed by atoms with Crippen LogP contribution < -0.4 is 4.74 Å². The molecule has 17 heavy (non-hydrogen) atoms. The van der Waals surface area contributed by atoms with Crippen LogP contribution in [0.5, 0.6) is 5.75 Å². The van der Waals surface area contributed by atoms with Crippen molar-refractivity contribution < 1.29 is 4.74 Å². The molecule has 1 unspecified atom stereocenters. The molecule has 1 heteroatoms. The van der Waals surface area contributed by atoms with Gasteiger partial charge in [0.25, 0.3) is 0 Å². The van der Waals surface area contributed by atoms with Crippen LogP contribution in [0, 0.1) is 0 Å². The smallest absolute Gasteiger partial charge is 0.122 e. The second-order valence-corrected chi connectivity index (χ2v) is 4.85. The molecule has 0 saturated carbocycles. The second kappa shape index (κ2) is 8.16. The number of benzene rings is 1. The zero-order chi connectivity index (χ0) is 12.5. The molecule has 1 atom stereocenters. The Balaban J connectivity index is 2.38. The van der Waals surface area contributed by atoms with Gasteiger partial charge in [-0.3, -0.25) is 0 Å². The van der Waals surface area contributed by atoms with Gasteiger partial charge in [0, 0.05) is 0 Å². The van der Waals surface area contributed by atoms with Gasteiger partial charge in [0.2, 0.25) is 0 Å². The fourth-order valence-electron chi connectivity index (χ4n) is 2.28. The highest BCUT2D eigenvalue weighted by atomic mass is 16.5. The Labute approximate surface area is 106 Å². The summed E-state index contributed by atoms with van der Waals surface area (Å²) in [6.45, 7) is 4.56. The van der Waals surface area contributed by atoms with Gasteiger partial charge in [-0.2, -0.15) is 0 Å². The lowest BCUT2D eigenvalue weighted by Crippen LogP contribution is -1.97. The molecule has 96 valence electrons. The Morgan fingerprint density at radius 1 is 1.06 bits per heavy atom. The molecule has 0 amide bonds. The Morgan fingerprint density at radius 3 is 2.47 bits per heavy atom. The molecule has 0 saturated heterocycles. The van der Waals surface area contributed by atoms with Crippen molar-refractivity contribution in [1.29, 1.82) is 0 Å². The van der Waals surface area contributed by atoms with E-state index in [1.807, 2.05) is 6.07 Å². The van der Waals surface area contributed by atoms with E-state index in [9.17, 15) is 0 Å². The molecule has 0 aliphatic rings. The van der Waals surface area contributed by atoms with E-state index in [-0.39, 0.29) is 0 Å². The fourth-order valence-corrected chi connectivity index (χ4v) is 2.28. The van der Waals surface area contributed by atoms with Crippen LogP contribution in [-0.2, 0) is 0 Å². The monoisotopic (exact) mass is 234 g/mol. The summed E-state index contributed by atoms with van der Waals surface area (Å²) in [5.74, 6) is 1.64. The third-order valence-electron chi connectivity index (χ3n) is 3.41. The van der Waals surface area contributed by atoms with E-state index < -0.39 is 0 Å². The first-order valence-electron chi connectivity index (χ1n) is 6.92. The van der Waals surface area contributed by atoms with E-state index in [2.05, 4.69) is 32.0 Å². The highest BCUT2D eigenvalue weighted by Crippen LogP contribution is 2.29. The highest BCUT2D eigenvalue weighted by Gasteiger charge is 2.09. The molecule has 0 aliphatic heterocycles. The van der Waals surface area contributed by atoms with Gasteiger partial charge < -0.3 is 4.74 Å². The van der Waals surface area contributed by atoms with Gasteiger partial charge in [0.05, 0.1) is 7.11 Å². The van der Waals surface area contributed by atoms with Crippen LogP contribution in [0.4, 0.5) is 0 Å². The number of hydrogen-bond acceptors (Lipinski definition) is 1. The summed E-state index contributed by atoms with van der Waals surface area (Å²) < 4.78 is 5.41. The molecule has 1 nitrogen and oxygen atoms in total. The highest BCUT2D eigenvalue weighted by molar-refractivity contribution is 5.35. The van der Waals surface area contributed by atoms with Crippen LogP contribution in [0.15, 0.2) is 24.3 Å². The van der Waals surface area contributed by atoms with Crippen LogP contribution in [0.1, 0.15) is 63.9 Å². The van der Waals surface area contributed by atoms with Gasteiger partial charge in [0.15, 0.2) is 0 Å². The third-order valence-corrected chi connectivity index (χ3v) is 3.41. The maximum absolute atomic E-state index is 5.41. The summed E-state index contributed by atoms with van der Waals surface area (Å²) >= 11 is 0. The minimum absolute atomic E-state index is 0.604. The maximum Gasteiger partial charge on any atom is 0.122 e. The summed E-state index contributed by atoms with van der Waals surface area (Å²) in [5.41, 5.74) is 1.35. The number of para-hydroxylation sites is 1. The lowest BCUT2D eigenvalue weighted by atomic mass is 9.94. The van der Waals surface area contributed by atoms with E-state index >= 15 is 0 Å². The third kappa shape index (κ3) is 4.80. The fraction of sp³-hybridized carbons (Fsp3) is 0.625. The van der Waals surface area contributed by atoms with Gasteiger partial charge >= 0.3 is 0 Å². The van der Waals surface area contributed by atoms with Crippen LogP contribution in [0.25, 0.3) is 0 Å². The lowest BCUT2D eigenvalue weighted by molar-refractivity contribution is 0.404. The van der Waals surface area contributed by atoms with Gasteiger partial charge in [0.1, 0.15) is 5.75 Å². The molecule has 0 radical (unpaired) electrons. The minimum Gasteiger partial charge on any atom is -0.496 e. The van der Waals surface area contributed by atoms with Crippen LogP contribution in [-0.4, -0.2) is 7.11 Å². The molecule has 1 aromatic carbocycles. The van der Waals surface area contributed by atoms with E-state index in [4.69, 9.17) is 4.74 Å². The first-order chi connectivity index (χ1) is 8.29. The Kier molecular flexibility index (Phi) is 6.76. The number of methoxy groups -OCH3 is 1. The molecule has 0 spiro atoms. The maximum atomic E-state index is 5.41. The molecule has 0 bridgehead atoms. The molecule has 1 rings (SSSR count). The van der Waals surface area contributed by atoms with Crippen molar-refractivity contribution >= 4 is 0 Å². The molecule has 0 heterocycles. The number of hydrogen-bond donors (Lipinski definition) is 0. The van der Waals surface area contributed by atoms with Crippen molar-refractivity contribution in [2.75, 3.05) is 7.11 Å². The first kappa shape index (κ1) is 14.1. The number of ether oxygens (including phenoxy) is 1. The quantitative estimate of drug-likeness (QED) is 0.564. The zero-order valence-electron chi connectivity index (χ0n) is 11.5. The van der Waals surface area contributed by atoms with E-state index in [0.29, 0.717) is 5.92 Å². The summed E-state index contributed by atoms with van der Waals surface area (Å²) in [7, 11) is 1.76. The zero-order valence-corrected chi connectivity index (χ0v) is 11.5. The van der Waals surface area contributed by atoms with Crippen molar-refractivity contribution in [3.8, 4) is 5.75 Å². The van der Waals surface area contributed by atoms with Gasteiger partial charge in [-0.05, 0) is 24.0 Å². The van der Waals surface area contributed by atoms with E-state index in [0.717, 1.165) is 5.75 Å². The number of rotatable bonds is 8. The lowest BCUT2D eigenvalue weighted by Gasteiger charge is -2.15. The standard InChI is InChI=1S/C16H26O/c1-4-5-6-7-8-11-14(2)15-12-9-10-13-16(15)17-3/h9-10,12-14H,4-8,11H2,1-3H3. The Hall–Kier alpha value is -0.980. The van der Waals surface area contributed by atoms with Crippen molar-refractivity contribution in [3.05, 3.63) is 29.8 Å². The minimum atomic E-state index is 0.604. The molecule has 0 fully saturated rings. The Bertz CT molecular complexity index is 306. The van der Waals surface area contributed by atoms with Crippen molar-refractivity contribution in [3.63, 3.8) is 0 Å². The summed E-state index contributed by atoms with van der Waals surface area (Å²) in [4.78, 5) is 0. The van der Waals surface area contributed by atoms with Crippen LogP contribution in [0.3, 0.4) is 0 Å². The number of unbranched alkanes of at least 4 members (excludes halogenated alkanes) is 4. The topological polar surface area (TPSA) is 9.23 Å². The largest absolute Gasteiger partial charge is 0.496 e. The predicted octanol–water partition coefficient (Wildman–Crippen LogP) is 5.16. The molecular formula is C16H26O. The predicted molar refractivity (Wildman–Crippen MR) is 74.8 cm³/mol. The second-order valence-electron chi connectivity index (χ2n) is 4.85. The van der Waals surface area contributed by atoms with Gasteiger partial charge in [-0.15, -0.1) is 0 Å². The average Bonchev–Trinajstić information content (AvgIpc) is 2.38. The SMILES string of the molecule is CCCCCCCC(C)c1ccccc1OC. The van der Waals surface area contributed by atoms with Crippen molar-refractivity contribution in [1.82, 2.24) is 0 Å². The molecular weight excluding hydrogens is 208 g/mol. The van der Waals surface area contributed by atoms with Crippen LogP contribution >= 0.6 is 0 Å². The summed E-state index contributed by atoms with van der Waals surface area (Å²) in [6.07, 6.45) is 8.05. The van der Waals surface area contributed by atoms with Crippen molar-refractivity contribution in [2.24, 2.45) is 0 Å². The summed E-state index contributed by atoms with van der Waals surface area (Å²) in [5, 5.41) is 0.